The fraction of sp³-hybridized carbons (Fsp3) is 0.263. The zero-order chi connectivity index (χ0) is 18.8. The van der Waals surface area contributed by atoms with Gasteiger partial charge in [0.15, 0.2) is 0 Å². The predicted octanol–water partition coefficient (Wildman–Crippen LogP) is 2.94. The lowest BCUT2D eigenvalue weighted by Gasteiger charge is -2.09. The first-order valence-corrected chi connectivity index (χ1v) is 8.28. The van der Waals surface area contributed by atoms with E-state index in [9.17, 15) is 4.79 Å². The van der Waals surface area contributed by atoms with Gasteiger partial charge >= 0.3 is 0 Å². The van der Waals surface area contributed by atoms with Gasteiger partial charge < -0.3 is 10.2 Å². The van der Waals surface area contributed by atoms with Crippen LogP contribution >= 0.6 is 0 Å². The topological polar surface area (TPSA) is 75.9 Å². The molecule has 0 aliphatic carbocycles. The fourth-order valence-corrected chi connectivity index (χ4v) is 2.76. The van der Waals surface area contributed by atoms with Crippen LogP contribution in [0.3, 0.4) is 0 Å². The third-order valence-electron chi connectivity index (χ3n) is 3.90. The number of rotatable bonds is 4. The molecule has 2 aromatic heterocycles. The largest absolute Gasteiger partial charge is 0.343 e. The van der Waals surface area contributed by atoms with Crippen molar-refractivity contribution >= 4 is 17.5 Å². The van der Waals surface area contributed by atoms with Crippen molar-refractivity contribution in [2.24, 2.45) is 7.05 Å². The minimum Gasteiger partial charge on any atom is -0.343 e. The highest BCUT2D eigenvalue weighted by Gasteiger charge is 2.16. The Morgan fingerprint density at radius 1 is 1.08 bits per heavy atom. The van der Waals surface area contributed by atoms with E-state index in [0.717, 1.165) is 5.69 Å². The van der Waals surface area contributed by atoms with Crippen LogP contribution in [-0.4, -0.2) is 44.7 Å². The number of aromatic nitrogens is 4. The van der Waals surface area contributed by atoms with Crippen molar-refractivity contribution < 1.29 is 4.79 Å². The van der Waals surface area contributed by atoms with Crippen molar-refractivity contribution in [3.63, 3.8) is 0 Å². The maximum atomic E-state index is 12.2. The molecule has 3 aromatic rings. The summed E-state index contributed by atoms with van der Waals surface area (Å²) in [5, 5.41) is 7.64. The molecule has 0 radical (unpaired) electrons. The molecule has 3 rings (SSSR count). The van der Waals surface area contributed by atoms with Gasteiger partial charge in [-0.2, -0.15) is 5.10 Å². The highest BCUT2D eigenvalue weighted by molar-refractivity contribution is 5.93. The minimum absolute atomic E-state index is 0.103. The molecule has 26 heavy (non-hydrogen) atoms. The average Bonchev–Trinajstić information content (AvgIpc) is 2.95. The van der Waals surface area contributed by atoms with E-state index in [0.29, 0.717) is 23.0 Å². The normalized spacial score (nSPS) is 10.7. The summed E-state index contributed by atoms with van der Waals surface area (Å²) in [4.78, 5) is 22.5. The molecule has 1 aromatic carbocycles. The third kappa shape index (κ3) is 3.72. The molecule has 1 amide bonds. The SMILES string of the molecule is Cc1cc(C)cc(Nc2nccc(-c3cc(C(=O)N(C)C)n(C)n3)n2)c1. The minimum atomic E-state index is -0.103. The van der Waals surface area contributed by atoms with Crippen LogP contribution in [0.4, 0.5) is 11.6 Å². The molecule has 7 heteroatoms. The lowest BCUT2D eigenvalue weighted by atomic mass is 10.1. The van der Waals surface area contributed by atoms with Gasteiger partial charge in [0.05, 0.1) is 5.69 Å². The summed E-state index contributed by atoms with van der Waals surface area (Å²) in [6.07, 6.45) is 1.68. The van der Waals surface area contributed by atoms with Gasteiger partial charge in [0.2, 0.25) is 5.95 Å². The van der Waals surface area contributed by atoms with E-state index < -0.39 is 0 Å². The van der Waals surface area contributed by atoms with Gasteiger partial charge in [0, 0.05) is 33.0 Å². The van der Waals surface area contributed by atoms with E-state index >= 15 is 0 Å². The Labute approximate surface area is 152 Å². The lowest BCUT2D eigenvalue weighted by Crippen LogP contribution is -2.24. The van der Waals surface area contributed by atoms with Crippen molar-refractivity contribution in [2.45, 2.75) is 13.8 Å². The maximum absolute atomic E-state index is 12.2. The van der Waals surface area contributed by atoms with Crippen LogP contribution in [0.2, 0.25) is 0 Å². The summed E-state index contributed by atoms with van der Waals surface area (Å²) in [6.45, 7) is 4.10. The number of hydrogen-bond acceptors (Lipinski definition) is 5. The van der Waals surface area contributed by atoms with Crippen molar-refractivity contribution in [3.05, 3.63) is 53.3 Å². The number of nitrogens with zero attached hydrogens (tertiary/aromatic N) is 5. The monoisotopic (exact) mass is 350 g/mol. The number of amides is 1. The average molecular weight is 350 g/mol. The van der Waals surface area contributed by atoms with Gasteiger partial charge in [-0.3, -0.25) is 9.48 Å². The molecule has 2 heterocycles. The Balaban J connectivity index is 1.90. The Kier molecular flexibility index (Phi) is 4.71. The van der Waals surface area contributed by atoms with Gasteiger partial charge in [-0.25, -0.2) is 9.97 Å². The molecule has 0 bridgehead atoms. The van der Waals surface area contributed by atoms with Crippen LogP contribution < -0.4 is 5.32 Å². The molecule has 0 unspecified atom stereocenters. The number of carbonyl (C=O) groups excluding carboxylic acids is 1. The van der Waals surface area contributed by atoms with Crippen molar-refractivity contribution in [1.29, 1.82) is 0 Å². The van der Waals surface area contributed by atoms with Crippen LogP contribution in [-0.2, 0) is 7.05 Å². The zero-order valence-electron chi connectivity index (χ0n) is 15.6. The van der Waals surface area contributed by atoms with Gasteiger partial charge in [0.25, 0.3) is 5.91 Å². The van der Waals surface area contributed by atoms with Crippen LogP contribution in [0, 0.1) is 13.8 Å². The molecule has 0 saturated carbocycles. The molecule has 134 valence electrons. The second-order valence-electron chi connectivity index (χ2n) is 6.50. The van der Waals surface area contributed by atoms with E-state index in [2.05, 4.69) is 26.4 Å². The first kappa shape index (κ1) is 17.6. The summed E-state index contributed by atoms with van der Waals surface area (Å²) < 4.78 is 1.57. The zero-order valence-corrected chi connectivity index (χ0v) is 15.6. The Bertz CT molecular complexity index is 940. The number of benzene rings is 1. The summed E-state index contributed by atoms with van der Waals surface area (Å²) >= 11 is 0. The second kappa shape index (κ2) is 6.95. The number of aryl methyl sites for hydroxylation is 3. The molecule has 0 aliphatic rings. The van der Waals surface area contributed by atoms with Crippen molar-refractivity contribution in [3.8, 4) is 11.4 Å². The molecule has 0 saturated heterocycles. The molecular formula is C19H22N6O. The molecule has 7 nitrogen and oxygen atoms in total. The van der Waals surface area contributed by atoms with E-state index in [4.69, 9.17) is 0 Å². The molecule has 0 fully saturated rings. The molecular weight excluding hydrogens is 328 g/mol. The standard InChI is InChI=1S/C19H22N6O/c1-12-8-13(2)10-14(9-12)21-19-20-7-6-15(22-19)16-11-17(25(5)23-16)18(26)24(3)4/h6-11H,1-5H3,(H,20,21,22). The number of hydrogen-bond donors (Lipinski definition) is 1. The molecule has 0 aliphatic heterocycles. The fourth-order valence-electron chi connectivity index (χ4n) is 2.76. The highest BCUT2D eigenvalue weighted by atomic mass is 16.2. The predicted molar refractivity (Wildman–Crippen MR) is 101 cm³/mol. The summed E-state index contributed by atoms with van der Waals surface area (Å²) in [5.41, 5.74) is 5.06. The summed E-state index contributed by atoms with van der Waals surface area (Å²) in [6, 6.07) is 9.71. The van der Waals surface area contributed by atoms with Crippen LogP contribution in [0.25, 0.3) is 11.4 Å². The van der Waals surface area contributed by atoms with Crippen LogP contribution in [0.15, 0.2) is 36.5 Å². The van der Waals surface area contributed by atoms with Gasteiger partial charge in [-0.1, -0.05) is 6.07 Å². The first-order valence-electron chi connectivity index (χ1n) is 8.28. The van der Waals surface area contributed by atoms with Gasteiger partial charge in [0.1, 0.15) is 11.4 Å². The molecule has 0 atom stereocenters. The maximum Gasteiger partial charge on any atom is 0.271 e. The van der Waals surface area contributed by atoms with E-state index in [1.165, 1.54) is 16.0 Å². The van der Waals surface area contributed by atoms with E-state index in [1.807, 2.05) is 26.0 Å². The highest BCUT2D eigenvalue weighted by Crippen LogP contribution is 2.21. The Hall–Kier alpha value is -3.22. The van der Waals surface area contributed by atoms with Gasteiger partial charge in [-0.15, -0.1) is 0 Å². The summed E-state index contributed by atoms with van der Waals surface area (Å²) in [7, 11) is 5.17. The van der Waals surface area contributed by atoms with Crippen molar-refractivity contribution in [1.82, 2.24) is 24.6 Å². The van der Waals surface area contributed by atoms with Gasteiger partial charge in [-0.05, 0) is 49.2 Å². The Morgan fingerprint density at radius 3 is 2.42 bits per heavy atom. The summed E-state index contributed by atoms with van der Waals surface area (Å²) in [5.74, 6) is 0.382. The molecule has 1 N–H and O–H groups in total. The number of anilines is 2. The quantitative estimate of drug-likeness (QED) is 0.783. The Morgan fingerprint density at radius 2 is 1.77 bits per heavy atom. The first-order chi connectivity index (χ1) is 12.3. The van der Waals surface area contributed by atoms with Crippen LogP contribution in [0.1, 0.15) is 21.6 Å². The van der Waals surface area contributed by atoms with Crippen molar-refractivity contribution in [2.75, 3.05) is 19.4 Å². The lowest BCUT2D eigenvalue weighted by molar-refractivity contribution is 0.0817. The third-order valence-corrected chi connectivity index (χ3v) is 3.90. The number of nitrogens with one attached hydrogen (secondary N) is 1. The van der Waals surface area contributed by atoms with E-state index in [-0.39, 0.29) is 5.91 Å². The van der Waals surface area contributed by atoms with Crippen LogP contribution in [0.5, 0.6) is 0 Å². The molecule has 0 spiro atoms. The second-order valence-corrected chi connectivity index (χ2v) is 6.50. The number of carbonyl (C=O) groups is 1. The smallest absolute Gasteiger partial charge is 0.271 e. The van der Waals surface area contributed by atoms with E-state index in [1.54, 1.807) is 44.2 Å².